The van der Waals surface area contributed by atoms with Gasteiger partial charge in [0.2, 0.25) is 0 Å². The molecule has 0 aliphatic carbocycles. The smallest absolute Gasteiger partial charge is 0.258 e. The molecule has 0 atom stereocenters. The summed E-state index contributed by atoms with van der Waals surface area (Å²) in [4.78, 5) is 9.54. The second-order valence-corrected chi connectivity index (χ2v) is 15.7. The summed E-state index contributed by atoms with van der Waals surface area (Å²) in [7, 11) is 0. The first-order chi connectivity index (χ1) is 10.7. The van der Waals surface area contributed by atoms with Crippen LogP contribution in [-0.4, -0.2) is 24.7 Å². The average Bonchev–Trinajstić information content (AvgIpc) is 2.55. The number of unbranched alkanes of at least 4 members (excludes halogenated alkanes) is 3. The molecule has 1 aromatic carbocycles. The van der Waals surface area contributed by atoms with Crippen LogP contribution in [0.2, 0.25) is 13.3 Å². The molecule has 0 fully saturated rings. The predicted molar refractivity (Wildman–Crippen MR) is 98.2 cm³/mol. The van der Waals surface area contributed by atoms with Crippen LogP contribution in [0.4, 0.5) is 5.69 Å². The Balaban J connectivity index is 0.000000425. The molecular weight excluding hydrogens is 381 g/mol. The maximum Gasteiger partial charge on any atom is 0.270 e. The molecule has 0 saturated heterocycles. The Morgan fingerprint density at radius 2 is 1.55 bits per heavy atom. The molecule has 0 unspecified atom stereocenters. The van der Waals surface area contributed by atoms with Crippen molar-refractivity contribution >= 4 is 25.4 Å². The summed E-state index contributed by atoms with van der Waals surface area (Å²) in [6.45, 7) is 7.01. The van der Waals surface area contributed by atoms with Crippen molar-refractivity contribution in [1.82, 2.24) is 0 Å². The molecule has 4 heteroatoms. The van der Waals surface area contributed by atoms with Crippen LogP contribution in [0.15, 0.2) is 24.3 Å². The van der Waals surface area contributed by atoms with Gasteiger partial charge in [-0.15, -0.1) is 0 Å². The van der Waals surface area contributed by atoms with Gasteiger partial charge in [0.15, 0.2) is 0 Å². The van der Waals surface area contributed by atoms with E-state index < -0.39 is 24.7 Å². The number of nitrogens with zero attached hydrogens (tertiary/aromatic N) is 1. The van der Waals surface area contributed by atoms with Gasteiger partial charge in [-0.25, -0.2) is 0 Å². The van der Waals surface area contributed by atoms with Gasteiger partial charge in [0.25, 0.3) is 5.69 Å². The SMILES string of the molecule is CCC[CH2][SnH]([CH2]CCC)[CH2]CCC.O=[N+]([O-])c1c[c]ccc1. The first-order valence-electron chi connectivity index (χ1n) is 8.76. The fraction of sp³-hybridized carbons (Fsp3) is 0.667. The molecular formula is C18H32NO2Sn. The van der Waals surface area contributed by atoms with Gasteiger partial charge in [0.1, 0.15) is 0 Å². The van der Waals surface area contributed by atoms with Crippen LogP contribution in [0.1, 0.15) is 59.3 Å². The van der Waals surface area contributed by atoms with Crippen LogP contribution in [-0.2, 0) is 0 Å². The van der Waals surface area contributed by atoms with E-state index >= 15 is 0 Å². The third kappa shape index (κ3) is 12.0. The van der Waals surface area contributed by atoms with Gasteiger partial charge in [-0.3, -0.25) is 10.1 Å². The van der Waals surface area contributed by atoms with Crippen LogP contribution in [0.5, 0.6) is 0 Å². The maximum atomic E-state index is 9.99. The molecule has 0 aliphatic rings. The molecule has 0 saturated carbocycles. The molecule has 0 aromatic heterocycles. The second kappa shape index (κ2) is 15.3. The van der Waals surface area contributed by atoms with Crippen molar-refractivity contribution in [2.24, 2.45) is 0 Å². The van der Waals surface area contributed by atoms with Crippen molar-refractivity contribution in [3.63, 3.8) is 0 Å². The molecule has 1 aromatic rings. The predicted octanol–water partition coefficient (Wildman–Crippen LogP) is 6.01. The quantitative estimate of drug-likeness (QED) is 0.268. The van der Waals surface area contributed by atoms with Gasteiger partial charge in [-0.2, -0.15) is 0 Å². The Kier molecular flexibility index (Phi) is 14.9. The number of benzene rings is 1. The first kappa shape index (κ1) is 21.4. The van der Waals surface area contributed by atoms with Crippen LogP contribution in [0.25, 0.3) is 0 Å². The van der Waals surface area contributed by atoms with Crippen molar-refractivity contribution in [3.05, 3.63) is 40.4 Å². The molecule has 0 heterocycles. The summed E-state index contributed by atoms with van der Waals surface area (Å²) < 4.78 is 5.08. The standard InChI is InChI=1S/C6H4NO2.3C4H9.Sn.H/c8-7(9)6-4-2-1-3-5-6;3*1-3-4-2;;/h1-2,4-5H;3*1,3-4H2,2H3;;. The van der Waals surface area contributed by atoms with Gasteiger partial charge in [0.05, 0.1) is 4.92 Å². The molecule has 0 N–H and O–H groups in total. The van der Waals surface area contributed by atoms with Gasteiger partial charge in [-0.05, 0) is 6.07 Å². The van der Waals surface area contributed by atoms with Crippen LogP contribution >= 0.6 is 0 Å². The Morgan fingerprint density at radius 3 is 1.82 bits per heavy atom. The summed E-state index contributed by atoms with van der Waals surface area (Å²) in [5.74, 6) is 0. The Labute approximate surface area is 143 Å². The van der Waals surface area contributed by atoms with E-state index in [1.165, 1.54) is 50.7 Å². The summed E-state index contributed by atoms with van der Waals surface area (Å²) >= 11 is -0.967. The molecule has 0 spiro atoms. The summed E-state index contributed by atoms with van der Waals surface area (Å²) in [5.41, 5.74) is 0.0810. The van der Waals surface area contributed by atoms with E-state index in [9.17, 15) is 10.1 Å². The molecule has 125 valence electrons. The van der Waals surface area contributed by atoms with Crippen LogP contribution in [0, 0.1) is 16.2 Å². The average molecular weight is 413 g/mol. The summed E-state index contributed by atoms with van der Waals surface area (Å²) in [6.07, 6.45) is 8.87. The van der Waals surface area contributed by atoms with E-state index in [2.05, 4.69) is 26.8 Å². The zero-order chi connectivity index (χ0) is 16.6. The normalized spacial score (nSPS) is 10.2. The minimum absolute atomic E-state index is 0.0810. The van der Waals surface area contributed by atoms with Crippen molar-refractivity contribution in [2.75, 3.05) is 0 Å². The Morgan fingerprint density at radius 1 is 1.05 bits per heavy atom. The molecule has 1 radical (unpaired) electrons. The molecule has 3 nitrogen and oxygen atoms in total. The zero-order valence-electron chi connectivity index (χ0n) is 14.5. The van der Waals surface area contributed by atoms with E-state index in [4.69, 9.17) is 0 Å². The topological polar surface area (TPSA) is 43.1 Å². The van der Waals surface area contributed by atoms with Crippen molar-refractivity contribution in [3.8, 4) is 0 Å². The maximum absolute atomic E-state index is 9.99. The largest absolute Gasteiger partial charge is 0.270 e. The van der Waals surface area contributed by atoms with Gasteiger partial charge >= 0.3 is 92.4 Å². The number of hydrogen-bond acceptors (Lipinski definition) is 2. The van der Waals surface area contributed by atoms with Gasteiger partial charge in [-0.1, -0.05) is 12.1 Å². The van der Waals surface area contributed by atoms with E-state index in [0.717, 1.165) is 0 Å². The molecule has 22 heavy (non-hydrogen) atoms. The van der Waals surface area contributed by atoms with E-state index in [1.54, 1.807) is 25.4 Å². The van der Waals surface area contributed by atoms with Crippen molar-refractivity contribution < 1.29 is 4.92 Å². The zero-order valence-corrected chi connectivity index (χ0v) is 17.8. The Bertz CT molecular complexity index is 352. The molecule has 0 aliphatic heterocycles. The van der Waals surface area contributed by atoms with Gasteiger partial charge < -0.3 is 0 Å². The molecule has 0 bridgehead atoms. The third-order valence-electron chi connectivity index (χ3n) is 3.80. The number of nitro benzene ring substituents is 1. The number of nitro groups is 1. The van der Waals surface area contributed by atoms with Crippen LogP contribution < -0.4 is 0 Å². The number of non-ortho nitro benzene ring substituents is 1. The minimum Gasteiger partial charge on any atom is -0.258 e. The number of hydrogen-bond donors (Lipinski definition) is 0. The van der Waals surface area contributed by atoms with Crippen LogP contribution in [0.3, 0.4) is 0 Å². The second-order valence-electron chi connectivity index (χ2n) is 5.81. The van der Waals surface area contributed by atoms with E-state index in [1.807, 2.05) is 0 Å². The summed E-state index contributed by atoms with van der Waals surface area (Å²) in [6, 6.07) is 8.56. The molecule has 0 amide bonds. The summed E-state index contributed by atoms with van der Waals surface area (Å²) in [5, 5.41) is 9.99. The van der Waals surface area contributed by atoms with Crippen molar-refractivity contribution in [2.45, 2.75) is 72.6 Å². The molecule has 1 rings (SSSR count). The minimum atomic E-state index is -0.967. The van der Waals surface area contributed by atoms with Gasteiger partial charge in [0, 0.05) is 12.1 Å². The monoisotopic (exact) mass is 414 g/mol. The van der Waals surface area contributed by atoms with E-state index in [-0.39, 0.29) is 5.69 Å². The van der Waals surface area contributed by atoms with Crippen molar-refractivity contribution in [1.29, 1.82) is 0 Å². The number of rotatable bonds is 10. The fourth-order valence-electron chi connectivity index (χ4n) is 2.41. The third-order valence-corrected chi connectivity index (χ3v) is 14.3. The Hall–Kier alpha value is -0.581. The fourth-order valence-corrected chi connectivity index (χ4v) is 13.3. The van der Waals surface area contributed by atoms with E-state index in [0.29, 0.717) is 0 Å². The first-order valence-corrected chi connectivity index (χ1v) is 15.7.